The van der Waals surface area contributed by atoms with E-state index in [1.807, 2.05) is 43.6 Å². The maximum atomic E-state index is 12.1. The summed E-state index contributed by atoms with van der Waals surface area (Å²) in [4.78, 5) is 14.1. The largest absolute Gasteiger partial charge is 0.380 e. The molecule has 1 aromatic rings. The Labute approximate surface area is 90.2 Å². The van der Waals surface area contributed by atoms with Crippen molar-refractivity contribution < 1.29 is 4.79 Å². The van der Waals surface area contributed by atoms with E-state index in [-0.39, 0.29) is 5.78 Å². The highest BCUT2D eigenvalue weighted by Gasteiger charge is 2.15. The van der Waals surface area contributed by atoms with Gasteiger partial charge in [-0.15, -0.1) is 0 Å². The summed E-state index contributed by atoms with van der Waals surface area (Å²) in [7, 11) is 2.01. The minimum Gasteiger partial charge on any atom is -0.380 e. The van der Waals surface area contributed by atoms with Crippen molar-refractivity contribution in [3.05, 3.63) is 47.7 Å². The lowest BCUT2D eigenvalue weighted by Crippen LogP contribution is -2.20. The molecule has 1 aromatic carbocycles. The number of ketones is 1. The SMILES string of the molecule is CN1C=C(C(=O)c2ccccc2)CCC1. The molecule has 0 bridgehead atoms. The van der Waals surface area contributed by atoms with Gasteiger partial charge in [0, 0.05) is 30.9 Å². The van der Waals surface area contributed by atoms with Crippen molar-refractivity contribution in [1.82, 2.24) is 4.90 Å². The van der Waals surface area contributed by atoms with Crippen molar-refractivity contribution in [3.63, 3.8) is 0 Å². The van der Waals surface area contributed by atoms with Crippen LogP contribution in [0.15, 0.2) is 42.1 Å². The van der Waals surface area contributed by atoms with Gasteiger partial charge in [0.1, 0.15) is 0 Å². The Hall–Kier alpha value is -1.57. The third kappa shape index (κ3) is 2.27. The Bertz CT molecular complexity index is 381. The summed E-state index contributed by atoms with van der Waals surface area (Å²) in [5.41, 5.74) is 1.72. The average Bonchev–Trinajstić information content (AvgIpc) is 2.29. The molecule has 0 saturated carbocycles. The smallest absolute Gasteiger partial charge is 0.190 e. The Morgan fingerprint density at radius 3 is 2.67 bits per heavy atom. The quantitative estimate of drug-likeness (QED) is 0.685. The summed E-state index contributed by atoms with van der Waals surface area (Å²) in [5, 5.41) is 0. The molecule has 0 spiro atoms. The number of hydrogen-bond acceptors (Lipinski definition) is 2. The molecule has 1 heterocycles. The molecule has 0 radical (unpaired) electrons. The summed E-state index contributed by atoms with van der Waals surface area (Å²) in [6, 6.07) is 9.48. The number of carbonyl (C=O) groups excluding carboxylic acids is 1. The van der Waals surface area contributed by atoms with Gasteiger partial charge < -0.3 is 4.90 Å². The summed E-state index contributed by atoms with van der Waals surface area (Å²) in [5.74, 6) is 0.169. The van der Waals surface area contributed by atoms with Crippen molar-refractivity contribution in [2.24, 2.45) is 0 Å². The minimum absolute atomic E-state index is 0.169. The molecule has 2 rings (SSSR count). The van der Waals surface area contributed by atoms with E-state index in [4.69, 9.17) is 0 Å². The molecule has 0 saturated heterocycles. The second kappa shape index (κ2) is 4.30. The molecule has 1 aliphatic rings. The number of Topliss-reactive ketones (excluding diaryl/α,β-unsaturated/α-hetero) is 1. The standard InChI is InChI=1S/C13H15NO/c1-14-9-5-8-12(10-14)13(15)11-6-3-2-4-7-11/h2-4,6-7,10H,5,8-9H2,1H3. The first-order valence-electron chi connectivity index (χ1n) is 5.28. The molecule has 0 atom stereocenters. The van der Waals surface area contributed by atoms with Crippen LogP contribution in [0.5, 0.6) is 0 Å². The van der Waals surface area contributed by atoms with Crippen LogP contribution in [-0.4, -0.2) is 24.3 Å². The third-order valence-electron chi connectivity index (χ3n) is 2.66. The first-order chi connectivity index (χ1) is 7.27. The molecule has 2 heteroatoms. The van der Waals surface area contributed by atoms with Gasteiger partial charge in [-0.3, -0.25) is 4.79 Å². The van der Waals surface area contributed by atoms with Crippen molar-refractivity contribution in [3.8, 4) is 0 Å². The number of hydrogen-bond donors (Lipinski definition) is 0. The molecule has 0 aliphatic carbocycles. The molecule has 2 nitrogen and oxygen atoms in total. The molecule has 1 aliphatic heterocycles. The lowest BCUT2D eigenvalue weighted by Gasteiger charge is -2.21. The molecular weight excluding hydrogens is 186 g/mol. The van der Waals surface area contributed by atoms with Crippen LogP contribution in [-0.2, 0) is 0 Å². The average molecular weight is 201 g/mol. The monoisotopic (exact) mass is 201 g/mol. The van der Waals surface area contributed by atoms with Gasteiger partial charge in [-0.2, -0.15) is 0 Å². The zero-order valence-corrected chi connectivity index (χ0v) is 8.94. The number of nitrogens with zero attached hydrogens (tertiary/aromatic N) is 1. The van der Waals surface area contributed by atoms with Crippen LogP contribution in [0, 0.1) is 0 Å². The fourth-order valence-corrected chi connectivity index (χ4v) is 1.86. The predicted molar refractivity (Wildman–Crippen MR) is 60.7 cm³/mol. The minimum atomic E-state index is 0.169. The molecule has 0 unspecified atom stereocenters. The number of carbonyl (C=O) groups is 1. The van der Waals surface area contributed by atoms with Gasteiger partial charge in [0.25, 0.3) is 0 Å². The van der Waals surface area contributed by atoms with Gasteiger partial charge in [0.05, 0.1) is 0 Å². The Kier molecular flexibility index (Phi) is 2.86. The van der Waals surface area contributed by atoms with Crippen molar-refractivity contribution in [1.29, 1.82) is 0 Å². The van der Waals surface area contributed by atoms with Crippen LogP contribution >= 0.6 is 0 Å². The first-order valence-corrected chi connectivity index (χ1v) is 5.28. The highest BCUT2D eigenvalue weighted by molar-refractivity contribution is 6.08. The number of allylic oxidation sites excluding steroid dienone is 1. The highest BCUT2D eigenvalue weighted by atomic mass is 16.1. The van der Waals surface area contributed by atoms with Crippen LogP contribution in [0.3, 0.4) is 0 Å². The van der Waals surface area contributed by atoms with Crippen LogP contribution in [0.2, 0.25) is 0 Å². The molecule has 0 amide bonds. The fourth-order valence-electron chi connectivity index (χ4n) is 1.86. The van der Waals surface area contributed by atoms with Gasteiger partial charge >= 0.3 is 0 Å². The molecular formula is C13H15NO. The van der Waals surface area contributed by atoms with E-state index in [9.17, 15) is 4.79 Å². The first kappa shape index (κ1) is 9.97. The van der Waals surface area contributed by atoms with Gasteiger partial charge in [0.15, 0.2) is 5.78 Å². The topological polar surface area (TPSA) is 20.3 Å². The molecule has 15 heavy (non-hydrogen) atoms. The maximum absolute atomic E-state index is 12.1. The van der Waals surface area contributed by atoms with E-state index in [0.717, 1.165) is 30.5 Å². The van der Waals surface area contributed by atoms with Gasteiger partial charge in [-0.25, -0.2) is 0 Å². The highest BCUT2D eigenvalue weighted by Crippen LogP contribution is 2.18. The normalized spacial score (nSPS) is 16.1. The van der Waals surface area contributed by atoms with Crippen molar-refractivity contribution >= 4 is 5.78 Å². The number of benzene rings is 1. The predicted octanol–water partition coefficient (Wildman–Crippen LogP) is 2.48. The molecule has 78 valence electrons. The Morgan fingerprint density at radius 2 is 2.00 bits per heavy atom. The third-order valence-corrected chi connectivity index (χ3v) is 2.66. The zero-order valence-electron chi connectivity index (χ0n) is 8.94. The Morgan fingerprint density at radius 1 is 1.27 bits per heavy atom. The lowest BCUT2D eigenvalue weighted by molar-refractivity contribution is 0.102. The Balaban J connectivity index is 2.22. The molecule has 0 N–H and O–H groups in total. The molecule has 0 aromatic heterocycles. The molecule has 0 fully saturated rings. The van der Waals surface area contributed by atoms with Crippen LogP contribution < -0.4 is 0 Å². The van der Waals surface area contributed by atoms with Crippen LogP contribution in [0.25, 0.3) is 0 Å². The van der Waals surface area contributed by atoms with Gasteiger partial charge in [-0.1, -0.05) is 30.3 Å². The summed E-state index contributed by atoms with van der Waals surface area (Å²) in [6.07, 6.45) is 3.94. The number of rotatable bonds is 2. The van der Waals surface area contributed by atoms with E-state index in [1.165, 1.54) is 0 Å². The second-order valence-electron chi connectivity index (χ2n) is 3.93. The van der Waals surface area contributed by atoms with Gasteiger partial charge in [0.2, 0.25) is 0 Å². The van der Waals surface area contributed by atoms with E-state index in [2.05, 4.69) is 4.90 Å². The van der Waals surface area contributed by atoms with E-state index in [0.29, 0.717) is 0 Å². The van der Waals surface area contributed by atoms with Crippen molar-refractivity contribution in [2.45, 2.75) is 12.8 Å². The second-order valence-corrected chi connectivity index (χ2v) is 3.93. The van der Waals surface area contributed by atoms with Gasteiger partial charge in [-0.05, 0) is 12.8 Å². The van der Waals surface area contributed by atoms with E-state index in [1.54, 1.807) is 0 Å². The lowest BCUT2D eigenvalue weighted by atomic mass is 9.98. The van der Waals surface area contributed by atoms with E-state index >= 15 is 0 Å². The van der Waals surface area contributed by atoms with Crippen molar-refractivity contribution in [2.75, 3.05) is 13.6 Å². The zero-order chi connectivity index (χ0) is 10.7. The summed E-state index contributed by atoms with van der Waals surface area (Å²) >= 11 is 0. The maximum Gasteiger partial charge on any atom is 0.190 e. The van der Waals surface area contributed by atoms with Crippen LogP contribution in [0.4, 0.5) is 0 Å². The fraction of sp³-hybridized carbons (Fsp3) is 0.308. The summed E-state index contributed by atoms with van der Waals surface area (Å²) in [6.45, 7) is 1.05. The van der Waals surface area contributed by atoms with Crippen LogP contribution in [0.1, 0.15) is 23.2 Å². The van der Waals surface area contributed by atoms with E-state index < -0.39 is 0 Å². The summed E-state index contributed by atoms with van der Waals surface area (Å²) < 4.78 is 0.